The van der Waals surface area contributed by atoms with Gasteiger partial charge in [-0.05, 0) is 55.4 Å². The van der Waals surface area contributed by atoms with Crippen molar-refractivity contribution in [3.8, 4) is 11.4 Å². The molecular weight excluding hydrogens is 493 g/mol. The molecule has 38 heavy (non-hydrogen) atoms. The van der Waals surface area contributed by atoms with E-state index in [1.54, 1.807) is 29.4 Å². The molecule has 1 fully saturated rings. The van der Waals surface area contributed by atoms with E-state index in [-0.39, 0.29) is 54.0 Å². The largest absolute Gasteiger partial charge is 0.458 e. The molecule has 0 saturated carbocycles. The van der Waals surface area contributed by atoms with Crippen LogP contribution in [-0.4, -0.2) is 49.2 Å². The number of carbonyl (C=O) groups is 2. The number of carbonyl (C=O) groups excluding carboxylic acids is 2. The molecule has 9 nitrogen and oxygen atoms in total. The van der Waals surface area contributed by atoms with Crippen LogP contribution in [0.4, 0.5) is 4.39 Å². The summed E-state index contributed by atoms with van der Waals surface area (Å²) >= 11 is 0. The summed E-state index contributed by atoms with van der Waals surface area (Å²) in [4.78, 5) is 45.6. The first-order chi connectivity index (χ1) is 18.2. The van der Waals surface area contributed by atoms with Crippen molar-refractivity contribution in [1.82, 2.24) is 14.5 Å². The first kappa shape index (κ1) is 23.5. The SMILES string of the molecule is CC[C@@]1(O)C(=O)OCc2c1cc1n(c2=O)Cc2c-1nc1cc(F)c(C)c3c1c2[C@@H](N1CC[C@@H](O)C1=O)CC3. The summed E-state index contributed by atoms with van der Waals surface area (Å²) in [6.07, 6.45) is 0.438. The highest BCUT2D eigenvalue weighted by molar-refractivity contribution is 5.94. The Hall–Kier alpha value is -3.63. The molecule has 3 atom stereocenters. The number of ether oxygens (including phenoxy) is 1. The third kappa shape index (κ3) is 2.82. The predicted molar refractivity (Wildman–Crippen MR) is 133 cm³/mol. The Bertz CT molecular complexity index is 1680. The zero-order chi connectivity index (χ0) is 26.7. The van der Waals surface area contributed by atoms with Crippen molar-refractivity contribution >= 4 is 22.8 Å². The van der Waals surface area contributed by atoms with Crippen LogP contribution in [-0.2, 0) is 39.5 Å². The second-order valence-corrected chi connectivity index (χ2v) is 10.7. The zero-order valence-electron chi connectivity index (χ0n) is 21.0. The highest BCUT2D eigenvalue weighted by atomic mass is 19.1. The van der Waals surface area contributed by atoms with E-state index in [0.717, 1.165) is 22.1 Å². The number of amides is 1. The van der Waals surface area contributed by atoms with E-state index in [4.69, 9.17) is 9.72 Å². The van der Waals surface area contributed by atoms with E-state index in [1.807, 2.05) is 0 Å². The molecule has 3 aliphatic heterocycles. The molecule has 196 valence electrons. The van der Waals surface area contributed by atoms with Crippen LogP contribution < -0.4 is 5.56 Å². The molecule has 0 radical (unpaired) electrons. The highest BCUT2D eigenvalue weighted by Gasteiger charge is 2.46. The molecule has 10 heteroatoms. The summed E-state index contributed by atoms with van der Waals surface area (Å²) in [6.45, 7) is 3.74. The zero-order valence-corrected chi connectivity index (χ0v) is 21.0. The number of hydrogen-bond acceptors (Lipinski definition) is 7. The lowest BCUT2D eigenvalue weighted by Gasteiger charge is -2.35. The number of likely N-dealkylation sites (tertiary alicyclic amines) is 1. The van der Waals surface area contributed by atoms with E-state index < -0.39 is 17.7 Å². The predicted octanol–water partition coefficient (Wildman–Crippen LogP) is 2.11. The van der Waals surface area contributed by atoms with Crippen molar-refractivity contribution in [3.63, 3.8) is 0 Å². The lowest BCUT2D eigenvalue weighted by atomic mass is 9.81. The van der Waals surface area contributed by atoms with Crippen molar-refractivity contribution in [1.29, 1.82) is 0 Å². The fourth-order valence-electron chi connectivity index (χ4n) is 6.84. The van der Waals surface area contributed by atoms with Crippen molar-refractivity contribution in [2.24, 2.45) is 0 Å². The van der Waals surface area contributed by atoms with Gasteiger partial charge in [0.15, 0.2) is 5.60 Å². The number of pyridine rings is 2. The summed E-state index contributed by atoms with van der Waals surface area (Å²) in [6, 6.07) is 2.67. The van der Waals surface area contributed by atoms with Gasteiger partial charge in [0.1, 0.15) is 18.5 Å². The number of aryl methyl sites for hydroxylation is 1. The molecule has 1 saturated heterocycles. The van der Waals surface area contributed by atoms with Gasteiger partial charge >= 0.3 is 5.97 Å². The molecule has 1 amide bonds. The molecule has 1 aromatic carbocycles. The third-order valence-corrected chi connectivity index (χ3v) is 8.94. The summed E-state index contributed by atoms with van der Waals surface area (Å²) in [7, 11) is 0. The second-order valence-electron chi connectivity index (χ2n) is 10.7. The average Bonchev–Trinajstić information content (AvgIpc) is 3.44. The van der Waals surface area contributed by atoms with Crippen LogP contribution in [0.1, 0.15) is 65.6 Å². The lowest BCUT2D eigenvalue weighted by Crippen LogP contribution is -2.44. The highest BCUT2D eigenvalue weighted by Crippen LogP contribution is 2.48. The van der Waals surface area contributed by atoms with E-state index in [9.17, 15) is 24.6 Å². The maximum atomic E-state index is 15.0. The number of hydrogen-bond donors (Lipinski definition) is 2. The van der Waals surface area contributed by atoms with Gasteiger partial charge < -0.3 is 24.4 Å². The van der Waals surface area contributed by atoms with Crippen LogP contribution in [0.3, 0.4) is 0 Å². The van der Waals surface area contributed by atoms with Crippen molar-refractivity contribution in [2.75, 3.05) is 6.54 Å². The standard InChI is InChI=1S/C28H26FN3O6/c1-3-28(37)16-8-20-24-14(10-32(20)25(34)15(16)11-38-27(28)36)23-19(31-7-6-21(33)26(31)35)5-4-13-12(2)17(29)9-18(30-24)22(13)23/h8-9,19,21,33,37H,3-7,10-11H2,1-2H3/t19-,21+,28-/m0/s1. The van der Waals surface area contributed by atoms with E-state index >= 15 is 4.39 Å². The average molecular weight is 520 g/mol. The van der Waals surface area contributed by atoms with Crippen LogP contribution in [0.15, 0.2) is 16.9 Å². The molecule has 5 heterocycles. The van der Waals surface area contributed by atoms with Crippen molar-refractivity contribution in [2.45, 2.75) is 70.4 Å². The van der Waals surface area contributed by atoms with E-state index in [2.05, 4.69) is 0 Å². The van der Waals surface area contributed by atoms with Gasteiger partial charge in [-0.3, -0.25) is 9.59 Å². The van der Waals surface area contributed by atoms with Gasteiger partial charge in [-0.1, -0.05) is 6.92 Å². The summed E-state index contributed by atoms with van der Waals surface area (Å²) in [5.74, 6) is -1.51. The third-order valence-electron chi connectivity index (χ3n) is 8.94. The lowest BCUT2D eigenvalue weighted by molar-refractivity contribution is -0.172. The number of nitrogens with zero attached hydrogens (tertiary/aromatic N) is 3. The summed E-state index contributed by atoms with van der Waals surface area (Å²) < 4.78 is 21.7. The minimum atomic E-state index is -1.95. The van der Waals surface area contributed by atoms with Gasteiger partial charge in [-0.15, -0.1) is 0 Å². The number of halogens is 1. The van der Waals surface area contributed by atoms with E-state index in [0.29, 0.717) is 48.3 Å². The van der Waals surface area contributed by atoms with Crippen LogP contribution in [0.2, 0.25) is 0 Å². The van der Waals surface area contributed by atoms with Crippen LogP contribution in [0.5, 0.6) is 0 Å². The molecule has 0 bridgehead atoms. The van der Waals surface area contributed by atoms with Crippen molar-refractivity contribution in [3.05, 3.63) is 61.7 Å². The quantitative estimate of drug-likeness (QED) is 0.389. The number of cyclic esters (lactones) is 1. The molecule has 2 aromatic heterocycles. The number of rotatable bonds is 2. The number of esters is 1. The maximum Gasteiger partial charge on any atom is 0.343 e. The monoisotopic (exact) mass is 519 g/mol. The maximum absolute atomic E-state index is 15.0. The van der Waals surface area contributed by atoms with Gasteiger partial charge in [0.2, 0.25) is 0 Å². The Morgan fingerprint density at radius 2 is 1.97 bits per heavy atom. The first-order valence-electron chi connectivity index (χ1n) is 13.0. The summed E-state index contributed by atoms with van der Waals surface area (Å²) in [5, 5.41) is 22.2. The fraction of sp³-hybridized carbons (Fsp3) is 0.429. The van der Waals surface area contributed by atoms with E-state index in [1.165, 1.54) is 6.07 Å². The Balaban J connectivity index is 1.53. The summed E-state index contributed by atoms with van der Waals surface area (Å²) in [5.41, 5.74) is 2.41. The Morgan fingerprint density at radius 1 is 1.18 bits per heavy atom. The smallest absolute Gasteiger partial charge is 0.343 e. The van der Waals surface area contributed by atoms with Crippen molar-refractivity contribution < 1.29 is 28.9 Å². The molecule has 0 unspecified atom stereocenters. The molecule has 1 aliphatic carbocycles. The minimum absolute atomic E-state index is 0.0281. The van der Waals surface area contributed by atoms with Gasteiger partial charge in [0, 0.05) is 29.1 Å². The topological polar surface area (TPSA) is 122 Å². The number of aromatic nitrogens is 2. The number of benzene rings is 1. The van der Waals surface area contributed by atoms with Crippen LogP contribution in [0.25, 0.3) is 22.3 Å². The number of fused-ring (bicyclic) bond motifs is 5. The van der Waals surface area contributed by atoms with Gasteiger partial charge in [0.05, 0.1) is 35.1 Å². The minimum Gasteiger partial charge on any atom is -0.458 e. The normalized spacial score (nSPS) is 25.4. The Labute approximate surface area is 216 Å². The number of aliphatic hydroxyl groups is 2. The van der Waals surface area contributed by atoms with Crippen LogP contribution in [0, 0.1) is 12.7 Å². The molecule has 4 aliphatic rings. The molecule has 2 N–H and O–H groups in total. The fourth-order valence-corrected chi connectivity index (χ4v) is 6.84. The second kappa shape index (κ2) is 7.70. The molecule has 0 spiro atoms. The Kier molecular flexibility index (Phi) is 4.76. The van der Waals surface area contributed by atoms with Gasteiger partial charge in [-0.25, -0.2) is 14.2 Å². The Morgan fingerprint density at radius 3 is 2.68 bits per heavy atom. The molecule has 7 rings (SSSR count). The molecular formula is C28H26FN3O6. The number of aliphatic hydroxyl groups excluding tert-OH is 1. The van der Waals surface area contributed by atoms with Gasteiger partial charge in [0.25, 0.3) is 11.5 Å². The van der Waals surface area contributed by atoms with Gasteiger partial charge in [-0.2, -0.15) is 0 Å². The first-order valence-corrected chi connectivity index (χ1v) is 13.0. The van der Waals surface area contributed by atoms with Crippen LogP contribution >= 0.6 is 0 Å². The molecule has 3 aromatic rings.